The maximum atomic E-state index is 13.5. The van der Waals surface area contributed by atoms with Gasteiger partial charge in [-0.05, 0) is 55.3 Å². The average molecular weight is 415 g/mol. The fourth-order valence-electron chi connectivity index (χ4n) is 4.05. The van der Waals surface area contributed by atoms with Crippen LogP contribution in [0.4, 0.5) is 0 Å². The van der Waals surface area contributed by atoms with Crippen LogP contribution in [0.5, 0.6) is 0 Å². The standard InChI is InChI=1S/C28H21N3O/c1-18-8-11-23-22(16-18)28(21-6-4-3-5-7-21)27(19(2)31-23)26(32)13-10-20-9-12-24-25(17-20)30-15-14-29-24/h3-17H,1-2H3/b13-10-. The first kappa shape index (κ1) is 19.8. The van der Waals surface area contributed by atoms with Crippen LogP contribution >= 0.6 is 0 Å². The number of fused-ring (bicyclic) bond motifs is 2. The summed E-state index contributed by atoms with van der Waals surface area (Å²) in [7, 11) is 0. The predicted molar refractivity (Wildman–Crippen MR) is 130 cm³/mol. The zero-order valence-corrected chi connectivity index (χ0v) is 17.9. The molecule has 0 saturated heterocycles. The molecule has 0 aliphatic heterocycles. The Morgan fingerprint density at radius 2 is 1.56 bits per heavy atom. The topological polar surface area (TPSA) is 55.7 Å². The third-order valence-corrected chi connectivity index (χ3v) is 5.55. The van der Waals surface area contributed by atoms with Crippen molar-refractivity contribution >= 4 is 33.8 Å². The second-order valence-electron chi connectivity index (χ2n) is 7.84. The number of carbonyl (C=O) groups excluding carboxylic acids is 1. The number of ketones is 1. The summed E-state index contributed by atoms with van der Waals surface area (Å²) in [6.45, 7) is 3.95. The molecule has 0 N–H and O–H groups in total. The van der Waals surface area contributed by atoms with Crippen LogP contribution < -0.4 is 0 Å². The summed E-state index contributed by atoms with van der Waals surface area (Å²) in [6, 6.07) is 22.0. The van der Waals surface area contributed by atoms with Gasteiger partial charge < -0.3 is 0 Å². The smallest absolute Gasteiger partial charge is 0.188 e. The molecule has 4 nitrogen and oxygen atoms in total. The molecule has 0 radical (unpaired) electrons. The summed E-state index contributed by atoms with van der Waals surface area (Å²) in [4.78, 5) is 26.9. The molecule has 3 aromatic carbocycles. The molecule has 0 aliphatic rings. The van der Waals surface area contributed by atoms with E-state index in [4.69, 9.17) is 4.98 Å². The molecule has 0 aliphatic carbocycles. The monoisotopic (exact) mass is 415 g/mol. The van der Waals surface area contributed by atoms with Gasteiger partial charge in [-0.1, -0.05) is 54.1 Å². The highest BCUT2D eigenvalue weighted by Gasteiger charge is 2.19. The molecule has 32 heavy (non-hydrogen) atoms. The molecule has 0 unspecified atom stereocenters. The van der Waals surface area contributed by atoms with Crippen molar-refractivity contribution in [2.75, 3.05) is 0 Å². The van der Waals surface area contributed by atoms with E-state index in [-0.39, 0.29) is 5.78 Å². The Labute approximate surface area is 186 Å². The molecule has 4 heteroatoms. The SMILES string of the molecule is Cc1ccc2nc(C)c(C(=O)/C=C\c3ccc4nccnc4c3)c(-c3ccccc3)c2c1. The Morgan fingerprint density at radius 1 is 0.812 bits per heavy atom. The van der Waals surface area contributed by atoms with Crippen LogP contribution in [0.2, 0.25) is 0 Å². The summed E-state index contributed by atoms with van der Waals surface area (Å²) in [5.74, 6) is -0.0727. The van der Waals surface area contributed by atoms with Gasteiger partial charge in [0.1, 0.15) is 0 Å². The van der Waals surface area contributed by atoms with Gasteiger partial charge in [-0.15, -0.1) is 0 Å². The molecule has 154 valence electrons. The summed E-state index contributed by atoms with van der Waals surface area (Å²) >= 11 is 0. The van der Waals surface area contributed by atoms with Crippen molar-refractivity contribution in [3.63, 3.8) is 0 Å². The third-order valence-electron chi connectivity index (χ3n) is 5.55. The summed E-state index contributed by atoms with van der Waals surface area (Å²) in [6.07, 6.45) is 6.78. The highest BCUT2D eigenvalue weighted by molar-refractivity contribution is 6.16. The summed E-state index contributed by atoms with van der Waals surface area (Å²) in [5, 5.41) is 0.986. The minimum absolute atomic E-state index is 0.0727. The van der Waals surface area contributed by atoms with Crippen molar-refractivity contribution in [2.45, 2.75) is 13.8 Å². The van der Waals surface area contributed by atoms with Gasteiger partial charge in [-0.3, -0.25) is 19.7 Å². The second kappa shape index (κ2) is 8.16. The lowest BCUT2D eigenvalue weighted by Gasteiger charge is -2.14. The first-order valence-corrected chi connectivity index (χ1v) is 10.5. The van der Waals surface area contributed by atoms with E-state index in [1.165, 1.54) is 0 Å². The van der Waals surface area contributed by atoms with Crippen LogP contribution in [0.15, 0.2) is 85.2 Å². The predicted octanol–water partition coefficient (Wildman–Crippen LogP) is 6.36. The lowest BCUT2D eigenvalue weighted by Crippen LogP contribution is -2.05. The molecule has 5 rings (SSSR count). The molecule has 2 aromatic heterocycles. The number of hydrogen-bond donors (Lipinski definition) is 0. The van der Waals surface area contributed by atoms with Gasteiger partial charge in [0.2, 0.25) is 0 Å². The fraction of sp³-hybridized carbons (Fsp3) is 0.0714. The van der Waals surface area contributed by atoms with Crippen LogP contribution in [-0.2, 0) is 0 Å². The molecule has 0 spiro atoms. The number of hydrogen-bond acceptors (Lipinski definition) is 4. The Hall–Kier alpha value is -4.18. The molecule has 0 atom stereocenters. The minimum atomic E-state index is -0.0727. The van der Waals surface area contributed by atoms with Gasteiger partial charge in [0.25, 0.3) is 0 Å². The molecule has 2 heterocycles. The van der Waals surface area contributed by atoms with E-state index in [0.29, 0.717) is 5.56 Å². The van der Waals surface area contributed by atoms with Gasteiger partial charge in [-0.2, -0.15) is 0 Å². The first-order chi connectivity index (χ1) is 15.6. The van der Waals surface area contributed by atoms with Crippen molar-refractivity contribution in [1.82, 2.24) is 15.0 Å². The van der Waals surface area contributed by atoms with Gasteiger partial charge in [-0.25, -0.2) is 0 Å². The molecule has 0 fully saturated rings. The molecular weight excluding hydrogens is 394 g/mol. The van der Waals surface area contributed by atoms with Crippen LogP contribution in [0.1, 0.15) is 27.2 Å². The van der Waals surface area contributed by atoms with Crippen LogP contribution in [0.25, 0.3) is 39.1 Å². The van der Waals surface area contributed by atoms with E-state index in [1.807, 2.05) is 73.7 Å². The molecule has 5 aromatic rings. The third kappa shape index (κ3) is 3.67. The van der Waals surface area contributed by atoms with Gasteiger partial charge in [0, 0.05) is 29.0 Å². The van der Waals surface area contributed by atoms with E-state index < -0.39 is 0 Å². The van der Waals surface area contributed by atoms with Gasteiger partial charge >= 0.3 is 0 Å². The molecule has 0 bridgehead atoms. The fourth-order valence-corrected chi connectivity index (χ4v) is 4.05. The quantitative estimate of drug-likeness (QED) is 0.253. The molecular formula is C28H21N3O. The number of benzene rings is 3. The Balaban J connectivity index is 1.64. The Bertz CT molecular complexity index is 1500. The lowest BCUT2D eigenvalue weighted by atomic mass is 9.91. The second-order valence-corrected chi connectivity index (χ2v) is 7.84. The number of nitrogens with zero attached hydrogens (tertiary/aromatic N) is 3. The largest absolute Gasteiger partial charge is 0.289 e. The van der Waals surface area contributed by atoms with Crippen molar-refractivity contribution in [2.24, 2.45) is 0 Å². The molecule has 0 amide bonds. The van der Waals surface area contributed by atoms with Crippen molar-refractivity contribution in [3.8, 4) is 11.1 Å². The van der Waals surface area contributed by atoms with Crippen LogP contribution in [0.3, 0.4) is 0 Å². The van der Waals surface area contributed by atoms with Crippen LogP contribution in [-0.4, -0.2) is 20.7 Å². The number of aryl methyl sites for hydroxylation is 2. The number of allylic oxidation sites excluding steroid dienone is 1. The first-order valence-electron chi connectivity index (χ1n) is 10.5. The zero-order chi connectivity index (χ0) is 22.1. The highest BCUT2D eigenvalue weighted by Crippen LogP contribution is 2.34. The van der Waals surface area contributed by atoms with Gasteiger partial charge in [0.15, 0.2) is 5.78 Å². The van der Waals surface area contributed by atoms with Crippen molar-refractivity contribution < 1.29 is 4.79 Å². The summed E-state index contributed by atoms with van der Waals surface area (Å²) < 4.78 is 0. The van der Waals surface area contributed by atoms with E-state index in [9.17, 15) is 4.79 Å². The van der Waals surface area contributed by atoms with E-state index in [2.05, 4.69) is 23.0 Å². The van der Waals surface area contributed by atoms with Crippen molar-refractivity contribution in [3.05, 3.63) is 108 Å². The minimum Gasteiger partial charge on any atom is -0.289 e. The normalized spacial score (nSPS) is 11.4. The number of rotatable bonds is 4. The van der Waals surface area contributed by atoms with E-state index >= 15 is 0 Å². The Kier molecular flexibility index (Phi) is 5.04. The average Bonchev–Trinajstić information content (AvgIpc) is 2.82. The van der Waals surface area contributed by atoms with E-state index in [1.54, 1.807) is 18.5 Å². The number of pyridine rings is 1. The molecule has 0 saturated carbocycles. The van der Waals surface area contributed by atoms with Crippen molar-refractivity contribution in [1.29, 1.82) is 0 Å². The van der Waals surface area contributed by atoms with Gasteiger partial charge in [0.05, 0.1) is 22.1 Å². The highest BCUT2D eigenvalue weighted by atomic mass is 16.1. The van der Waals surface area contributed by atoms with E-state index in [0.717, 1.165) is 49.9 Å². The summed E-state index contributed by atoms with van der Waals surface area (Å²) in [5.41, 5.74) is 7.83. The maximum absolute atomic E-state index is 13.5. The Morgan fingerprint density at radius 3 is 2.38 bits per heavy atom. The maximum Gasteiger partial charge on any atom is 0.188 e. The number of aromatic nitrogens is 3. The number of carbonyl (C=O) groups is 1. The van der Waals surface area contributed by atoms with Crippen LogP contribution in [0, 0.1) is 13.8 Å². The lowest BCUT2D eigenvalue weighted by molar-refractivity contribution is 0.104. The zero-order valence-electron chi connectivity index (χ0n) is 17.9.